The molecule has 2 bridgehead atoms. The molecule has 0 radical (unpaired) electrons. The van der Waals surface area contributed by atoms with Crippen LogP contribution < -0.4 is 0 Å². The van der Waals surface area contributed by atoms with Crippen molar-refractivity contribution in [2.45, 2.75) is 26.9 Å². The molecule has 2 heteroatoms. The first-order valence-corrected chi connectivity index (χ1v) is 7.16. The van der Waals surface area contributed by atoms with Gasteiger partial charge in [0.05, 0.1) is 12.7 Å². The van der Waals surface area contributed by atoms with E-state index in [2.05, 4.69) is 26.8 Å². The Morgan fingerprint density at radius 3 is 2.53 bits per heavy atom. The summed E-state index contributed by atoms with van der Waals surface area (Å²) in [5, 5.41) is 9.42. The van der Waals surface area contributed by atoms with Crippen LogP contribution in [0.4, 0.5) is 0 Å². The SMILES string of the molecule is CC1=C[C@H](C)[C@@H]2CO[C@H](c3ccc(O)cc3)[C@@H]1[C@H]2C. The summed E-state index contributed by atoms with van der Waals surface area (Å²) in [5.41, 5.74) is 2.63. The molecule has 2 aliphatic rings. The van der Waals surface area contributed by atoms with E-state index in [0.717, 1.165) is 6.61 Å². The van der Waals surface area contributed by atoms with Crippen LogP contribution in [-0.2, 0) is 4.74 Å². The third-order valence-electron chi connectivity index (χ3n) is 4.98. The quantitative estimate of drug-likeness (QED) is 0.773. The van der Waals surface area contributed by atoms with Crippen LogP contribution in [-0.4, -0.2) is 11.7 Å². The lowest BCUT2D eigenvalue weighted by molar-refractivity contribution is -0.0934. The number of aromatic hydroxyl groups is 1. The average Bonchev–Trinajstić information content (AvgIpc) is 2.37. The number of phenolic OH excluding ortho intramolecular Hbond substituents is 1. The molecule has 19 heavy (non-hydrogen) atoms. The van der Waals surface area contributed by atoms with Gasteiger partial charge in [0, 0.05) is 5.92 Å². The molecular formula is C17H22O2. The van der Waals surface area contributed by atoms with E-state index in [0.29, 0.717) is 29.4 Å². The standard InChI is InChI=1S/C17H22O2/c1-10-8-11(2)16-12(3)15(10)9-19-17(16)13-4-6-14(18)7-5-13/h4-8,10,12,15-18H,9H2,1-3H3/t10-,12-,15-,16-,17+/m0/s1. The third-order valence-corrected chi connectivity index (χ3v) is 4.98. The van der Waals surface area contributed by atoms with Crippen LogP contribution in [0, 0.1) is 23.7 Å². The second kappa shape index (κ2) is 4.68. The minimum atomic E-state index is 0.135. The van der Waals surface area contributed by atoms with Crippen LogP contribution in [0.1, 0.15) is 32.4 Å². The fourth-order valence-corrected chi connectivity index (χ4v) is 3.91. The maximum absolute atomic E-state index is 9.42. The Hall–Kier alpha value is -1.28. The van der Waals surface area contributed by atoms with Crippen molar-refractivity contribution in [1.29, 1.82) is 0 Å². The summed E-state index contributed by atoms with van der Waals surface area (Å²) in [6, 6.07) is 7.47. The minimum Gasteiger partial charge on any atom is -0.508 e. The van der Waals surface area contributed by atoms with Crippen LogP contribution in [0.25, 0.3) is 0 Å². The van der Waals surface area contributed by atoms with Gasteiger partial charge < -0.3 is 9.84 Å². The molecule has 1 aromatic rings. The van der Waals surface area contributed by atoms with Gasteiger partial charge in [0.15, 0.2) is 0 Å². The molecule has 1 heterocycles. The van der Waals surface area contributed by atoms with Gasteiger partial charge in [-0.05, 0) is 42.4 Å². The fraction of sp³-hybridized carbons (Fsp3) is 0.529. The zero-order chi connectivity index (χ0) is 13.6. The number of phenols is 1. The summed E-state index contributed by atoms with van der Waals surface area (Å²) in [6.07, 6.45) is 2.56. The topological polar surface area (TPSA) is 29.5 Å². The van der Waals surface area contributed by atoms with E-state index in [-0.39, 0.29) is 6.10 Å². The first-order chi connectivity index (χ1) is 9.08. The van der Waals surface area contributed by atoms with Crippen LogP contribution in [0.15, 0.2) is 35.9 Å². The van der Waals surface area contributed by atoms with Crippen molar-refractivity contribution in [3.63, 3.8) is 0 Å². The summed E-state index contributed by atoms with van der Waals surface area (Å²) in [4.78, 5) is 0. The van der Waals surface area contributed by atoms with Crippen LogP contribution in [0.2, 0.25) is 0 Å². The van der Waals surface area contributed by atoms with E-state index in [1.807, 2.05) is 12.1 Å². The number of hydrogen-bond donors (Lipinski definition) is 1. The summed E-state index contributed by atoms with van der Waals surface area (Å²) < 4.78 is 6.16. The highest BCUT2D eigenvalue weighted by molar-refractivity contribution is 5.30. The normalized spacial score (nSPS) is 37.8. The van der Waals surface area contributed by atoms with E-state index < -0.39 is 0 Å². The number of benzene rings is 1. The van der Waals surface area contributed by atoms with E-state index >= 15 is 0 Å². The molecule has 1 fully saturated rings. The lowest BCUT2D eigenvalue weighted by atomic mass is 9.64. The fourth-order valence-electron chi connectivity index (χ4n) is 3.91. The molecule has 2 nitrogen and oxygen atoms in total. The highest BCUT2D eigenvalue weighted by Crippen LogP contribution is 2.49. The summed E-state index contributed by atoms with van der Waals surface area (Å²) >= 11 is 0. The minimum absolute atomic E-state index is 0.135. The molecule has 0 spiro atoms. The number of rotatable bonds is 1. The second-order valence-corrected chi connectivity index (χ2v) is 6.16. The molecule has 1 N–H and O–H groups in total. The first kappa shape index (κ1) is 12.7. The Balaban J connectivity index is 1.96. The molecule has 5 atom stereocenters. The zero-order valence-corrected chi connectivity index (χ0v) is 11.8. The van der Waals surface area contributed by atoms with Gasteiger partial charge in [-0.1, -0.05) is 37.6 Å². The van der Waals surface area contributed by atoms with Crippen molar-refractivity contribution in [3.05, 3.63) is 41.5 Å². The van der Waals surface area contributed by atoms with Gasteiger partial charge in [-0.3, -0.25) is 0 Å². The summed E-state index contributed by atoms with van der Waals surface area (Å²) in [6.45, 7) is 7.73. The predicted octanol–water partition coefficient (Wildman–Crippen LogP) is 3.93. The Labute approximate surface area is 115 Å². The average molecular weight is 258 g/mol. The molecule has 1 aromatic carbocycles. The van der Waals surface area contributed by atoms with E-state index in [4.69, 9.17) is 4.74 Å². The monoisotopic (exact) mass is 258 g/mol. The Kier molecular flexibility index (Phi) is 3.14. The van der Waals surface area contributed by atoms with Crippen LogP contribution >= 0.6 is 0 Å². The van der Waals surface area contributed by atoms with Gasteiger partial charge in [-0.25, -0.2) is 0 Å². The molecule has 1 aliphatic carbocycles. The maximum Gasteiger partial charge on any atom is 0.115 e. The van der Waals surface area contributed by atoms with Crippen molar-refractivity contribution in [2.24, 2.45) is 23.7 Å². The van der Waals surface area contributed by atoms with Gasteiger partial charge in [0.2, 0.25) is 0 Å². The number of ether oxygens (including phenoxy) is 1. The summed E-state index contributed by atoms with van der Waals surface area (Å²) in [7, 11) is 0. The number of allylic oxidation sites excluding steroid dienone is 1. The van der Waals surface area contributed by atoms with E-state index in [9.17, 15) is 5.11 Å². The van der Waals surface area contributed by atoms with Crippen LogP contribution in [0.5, 0.6) is 5.75 Å². The largest absolute Gasteiger partial charge is 0.508 e. The van der Waals surface area contributed by atoms with Gasteiger partial charge >= 0.3 is 0 Å². The number of fused-ring (bicyclic) bond motifs is 2. The van der Waals surface area contributed by atoms with Gasteiger partial charge in [-0.2, -0.15) is 0 Å². The van der Waals surface area contributed by atoms with Gasteiger partial charge in [-0.15, -0.1) is 0 Å². The smallest absolute Gasteiger partial charge is 0.115 e. The summed E-state index contributed by atoms with van der Waals surface area (Å²) in [5.74, 6) is 2.70. The van der Waals surface area contributed by atoms with Gasteiger partial charge in [0.25, 0.3) is 0 Å². The van der Waals surface area contributed by atoms with Gasteiger partial charge in [0.1, 0.15) is 5.75 Å². The highest BCUT2D eigenvalue weighted by atomic mass is 16.5. The Bertz CT molecular complexity index is 488. The molecule has 102 valence electrons. The molecule has 3 rings (SSSR count). The van der Waals surface area contributed by atoms with E-state index in [1.165, 1.54) is 11.1 Å². The molecule has 1 saturated heterocycles. The van der Waals surface area contributed by atoms with Crippen molar-refractivity contribution >= 4 is 0 Å². The zero-order valence-electron chi connectivity index (χ0n) is 11.8. The Morgan fingerprint density at radius 1 is 1.16 bits per heavy atom. The van der Waals surface area contributed by atoms with Crippen LogP contribution in [0.3, 0.4) is 0 Å². The lowest BCUT2D eigenvalue weighted by Crippen LogP contribution is -2.42. The van der Waals surface area contributed by atoms with Crippen molar-refractivity contribution < 1.29 is 9.84 Å². The predicted molar refractivity (Wildman–Crippen MR) is 75.9 cm³/mol. The molecule has 0 saturated carbocycles. The van der Waals surface area contributed by atoms with E-state index in [1.54, 1.807) is 12.1 Å². The molecule has 0 amide bonds. The molecular weight excluding hydrogens is 236 g/mol. The second-order valence-electron chi connectivity index (χ2n) is 6.16. The molecule has 0 unspecified atom stereocenters. The van der Waals surface area contributed by atoms with Crippen molar-refractivity contribution in [3.8, 4) is 5.75 Å². The lowest BCUT2D eigenvalue weighted by Gasteiger charge is -2.47. The molecule has 0 aromatic heterocycles. The van der Waals surface area contributed by atoms with Crippen molar-refractivity contribution in [1.82, 2.24) is 0 Å². The molecule has 1 aliphatic heterocycles. The first-order valence-electron chi connectivity index (χ1n) is 7.16. The third kappa shape index (κ3) is 2.08. The maximum atomic E-state index is 9.42. The Morgan fingerprint density at radius 2 is 1.84 bits per heavy atom. The number of hydrogen-bond acceptors (Lipinski definition) is 2. The van der Waals surface area contributed by atoms with Crippen molar-refractivity contribution in [2.75, 3.05) is 6.61 Å². The highest BCUT2D eigenvalue weighted by Gasteiger charge is 2.43.